The lowest BCUT2D eigenvalue weighted by atomic mass is 10.1. The number of nitrogens with zero attached hydrogens (tertiary/aromatic N) is 1. The summed E-state index contributed by atoms with van der Waals surface area (Å²) in [5, 5.41) is 18.3. The van der Waals surface area contributed by atoms with Crippen LogP contribution in [-0.4, -0.2) is 66.5 Å². The average Bonchev–Trinajstić information content (AvgIpc) is 2.12. The van der Waals surface area contributed by atoms with Crippen molar-refractivity contribution >= 4 is 11.9 Å². The molecule has 0 saturated carbocycles. The molecule has 0 fully saturated rings. The van der Waals surface area contributed by atoms with Crippen LogP contribution in [-0.2, 0) is 14.3 Å². The number of quaternary nitrogens is 1. The maximum atomic E-state index is 11.6. The van der Waals surface area contributed by atoms with Gasteiger partial charge in [-0.15, -0.1) is 0 Å². The van der Waals surface area contributed by atoms with Crippen molar-refractivity contribution in [1.29, 1.82) is 0 Å². The van der Waals surface area contributed by atoms with Crippen molar-refractivity contribution in [3.8, 4) is 0 Å². The number of aliphatic carboxylic acids is 1. The zero-order valence-electron chi connectivity index (χ0n) is 12.3. The van der Waals surface area contributed by atoms with Crippen molar-refractivity contribution < 1.29 is 29.0 Å². The fraction of sp³-hybridized carbons (Fsp3) is 0.846. The van der Waals surface area contributed by atoms with Gasteiger partial charge in [-0.3, -0.25) is 9.59 Å². The molecule has 0 aromatic carbocycles. The number of hydrogen-bond donors (Lipinski definition) is 2. The lowest BCUT2D eigenvalue weighted by molar-refractivity contribution is -0.873. The number of carbonyl (C=O) groups is 2. The van der Waals surface area contributed by atoms with Gasteiger partial charge < -0.3 is 19.4 Å². The number of rotatable bonds is 9. The quantitative estimate of drug-likeness (QED) is 0.477. The molecule has 0 rings (SSSR count). The average molecular weight is 276 g/mol. The Balaban J connectivity index is 4.38. The van der Waals surface area contributed by atoms with Crippen molar-refractivity contribution in [2.75, 3.05) is 27.7 Å². The van der Waals surface area contributed by atoms with Gasteiger partial charge in [0.15, 0.2) is 6.10 Å². The van der Waals surface area contributed by atoms with Gasteiger partial charge in [0.2, 0.25) is 0 Å². The molecule has 19 heavy (non-hydrogen) atoms. The number of carboxylic acid groups (broad SMARTS) is 1. The molecule has 0 aromatic rings. The number of hydrogen-bond acceptors (Lipinski definition) is 4. The Bertz CT molecular complexity index is 298. The highest BCUT2D eigenvalue weighted by atomic mass is 16.5. The van der Waals surface area contributed by atoms with Crippen LogP contribution in [0.4, 0.5) is 0 Å². The van der Waals surface area contributed by atoms with E-state index in [1.807, 2.05) is 28.1 Å². The first-order chi connectivity index (χ1) is 8.64. The SMILES string of the molecule is CCCC(O)CC(=O)OC(CC(=O)O)C[N+](C)(C)C. The largest absolute Gasteiger partial charge is 0.481 e. The minimum atomic E-state index is -1.000. The van der Waals surface area contributed by atoms with Crippen molar-refractivity contribution in [2.24, 2.45) is 0 Å². The van der Waals surface area contributed by atoms with Gasteiger partial charge in [-0.2, -0.15) is 0 Å². The van der Waals surface area contributed by atoms with Gasteiger partial charge in [-0.1, -0.05) is 13.3 Å². The van der Waals surface area contributed by atoms with Gasteiger partial charge in [0.1, 0.15) is 6.54 Å². The van der Waals surface area contributed by atoms with Gasteiger partial charge in [0.05, 0.1) is 40.1 Å². The molecule has 6 heteroatoms. The Morgan fingerprint density at radius 3 is 2.21 bits per heavy atom. The number of aliphatic hydroxyl groups is 1. The van der Waals surface area contributed by atoms with Crippen LogP contribution in [0.1, 0.15) is 32.6 Å². The smallest absolute Gasteiger partial charge is 0.308 e. The molecule has 0 aromatic heterocycles. The van der Waals surface area contributed by atoms with E-state index in [1.54, 1.807) is 0 Å². The normalized spacial score (nSPS) is 14.8. The minimum Gasteiger partial charge on any atom is -0.481 e. The second-order valence-electron chi connectivity index (χ2n) is 5.83. The first kappa shape index (κ1) is 17.9. The first-order valence-corrected chi connectivity index (χ1v) is 6.53. The number of aliphatic hydroxyl groups excluding tert-OH is 1. The topological polar surface area (TPSA) is 83.8 Å². The molecular formula is C13H26NO5+. The standard InChI is InChI=1S/C13H25NO5/c1-5-6-10(15)7-13(18)19-11(8-12(16)17)9-14(2,3)4/h10-11,15H,5-9H2,1-4H3/p+1. The summed E-state index contributed by atoms with van der Waals surface area (Å²) >= 11 is 0. The van der Waals surface area contributed by atoms with Crippen LogP contribution in [0.5, 0.6) is 0 Å². The monoisotopic (exact) mass is 276 g/mol. The van der Waals surface area contributed by atoms with E-state index >= 15 is 0 Å². The number of carbonyl (C=O) groups excluding carboxylic acids is 1. The third-order valence-electron chi connectivity index (χ3n) is 2.48. The fourth-order valence-corrected chi connectivity index (χ4v) is 1.81. The second-order valence-corrected chi connectivity index (χ2v) is 5.83. The van der Waals surface area contributed by atoms with E-state index < -0.39 is 24.1 Å². The van der Waals surface area contributed by atoms with Crippen molar-refractivity contribution in [2.45, 2.75) is 44.8 Å². The maximum absolute atomic E-state index is 11.6. The summed E-state index contributed by atoms with van der Waals surface area (Å²) in [6.45, 7) is 2.33. The summed E-state index contributed by atoms with van der Waals surface area (Å²) in [7, 11) is 5.69. The molecule has 0 radical (unpaired) electrons. The lowest BCUT2D eigenvalue weighted by Gasteiger charge is -2.28. The van der Waals surface area contributed by atoms with E-state index in [4.69, 9.17) is 9.84 Å². The summed E-state index contributed by atoms with van der Waals surface area (Å²) in [5.74, 6) is -1.54. The van der Waals surface area contributed by atoms with Crippen LogP contribution < -0.4 is 0 Å². The molecule has 2 N–H and O–H groups in total. The highest BCUT2D eigenvalue weighted by Gasteiger charge is 2.25. The van der Waals surface area contributed by atoms with E-state index in [1.165, 1.54) is 0 Å². The maximum Gasteiger partial charge on any atom is 0.308 e. The Hall–Kier alpha value is -1.14. The molecular weight excluding hydrogens is 250 g/mol. The molecule has 0 spiro atoms. The van der Waals surface area contributed by atoms with Crippen LogP contribution in [0, 0.1) is 0 Å². The van der Waals surface area contributed by atoms with Gasteiger partial charge in [-0.25, -0.2) is 0 Å². The lowest BCUT2D eigenvalue weighted by Crippen LogP contribution is -2.44. The van der Waals surface area contributed by atoms with Gasteiger partial charge in [0.25, 0.3) is 0 Å². The number of esters is 1. The van der Waals surface area contributed by atoms with Crippen molar-refractivity contribution in [3.05, 3.63) is 0 Å². The van der Waals surface area contributed by atoms with Crippen LogP contribution in [0.15, 0.2) is 0 Å². The Morgan fingerprint density at radius 1 is 1.21 bits per heavy atom. The van der Waals surface area contributed by atoms with Gasteiger partial charge >= 0.3 is 11.9 Å². The second kappa shape index (κ2) is 8.12. The number of carboxylic acids is 1. The molecule has 0 aliphatic carbocycles. The zero-order valence-corrected chi connectivity index (χ0v) is 12.3. The molecule has 112 valence electrons. The molecule has 0 amide bonds. The van der Waals surface area contributed by atoms with Crippen molar-refractivity contribution in [3.63, 3.8) is 0 Å². The summed E-state index contributed by atoms with van der Waals surface area (Å²) in [6, 6.07) is 0. The minimum absolute atomic E-state index is 0.0822. The third kappa shape index (κ3) is 10.5. The summed E-state index contributed by atoms with van der Waals surface area (Å²) < 4.78 is 5.66. The predicted octanol–water partition coefficient (Wildman–Crippen LogP) is 0.630. The highest BCUT2D eigenvalue weighted by Crippen LogP contribution is 2.09. The van der Waals surface area contributed by atoms with E-state index in [2.05, 4.69) is 0 Å². The molecule has 0 aliphatic heterocycles. The van der Waals surface area contributed by atoms with Gasteiger partial charge in [-0.05, 0) is 6.42 Å². The molecule has 0 saturated heterocycles. The molecule has 6 nitrogen and oxygen atoms in total. The predicted molar refractivity (Wildman–Crippen MR) is 70.6 cm³/mol. The van der Waals surface area contributed by atoms with Crippen LogP contribution in [0.25, 0.3) is 0 Å². The fourth-order valence-electron chi connectivity index (χ4n) is 1.81. The molecule has 0 heterocycles. The summed E-state index contributed by atoms with van der Waals surface area (Å²) in [6.07, 6.45) is -0.363. The van der Waals surface area contributed by atoms with E-state index in [0.717, 1.165) is 6.42 Å². The Kier molecular flexibility index (Phi) is 7.63. The molecule has 0 aliphatic rings. The van der Waals surface area contributed by atoms with Crippen LogP contribution in [0.2, 0.25) is 0 Å². The molecule has 0 bridgehead atoms. The van der Waals surface area contributed by atoms with E-state index in [0.29, 0.717) is 17.4 Å². The number of ether oxygens (including phenoxy) is 1. The molecule has 2 atom stereocenters. The zero-order chi connectivity index (χ0) is 15.1. The van der Waals surface area contributed by atoms with Crippen LogP contribution >= 0.6 is 0 Å². The summed E-state index contributed by atoms with van der Waals surface area (Å²) in [4.78, 5) is 22.4. The number of likely N-dealkylation sites (N-methyl/N-ethyl adjacent to an activating group) is 1. The van der Waals surface area contributed by atoms with Gasteiger partial charge in [0, 0.05) is 0 Å². The Morgan fingerprint density at radius 2 is 1.79 bits per heavy atom. The summed E-state index contributed by atoms with van der Waals surface area (Å²) in [5.41, 5.74) is 0. The Labute approximate surface area is 114 Å². The van der Waals surface area contributed by atoms with E-state index in [-0.39, 0.29) is 12.8 Å². The molecule has 2 unspecified atom stereocenters. The van der Waals surface area contributed by atoms with E-state index in [9.17, 15) is 14.7 Å². The van der Waals surface area contributed by atoms with Crippen molar-refractivity contribution in [1.82, 2.24) is 0 Å². The first-order valence-electron chi connectivity index (χ1n) is 6.53. The highest BCUT2D eigenvalue weighted by molar-refractivity contribution is 5.71. The van der Waals surface area contributed by atoms with Crippen LogP contribution in [0.3, 0.4) is 0 Å². The third-order valence-corrected chi connectivity index (χ3v) is 2.48.